The van der Waals surface area contributed by atoms with Gasteiger partial charge < -0.3 is 14.5 Å². The topological polar surface area (TPSA) is 55.4 Å². The van der Waals surface area contributed by atoms with E-state index in [-0.39, 0.29) is 24.5 Å². The number of nitrogens with zero attached hydrogens (tertiary/aromatic N) is 1. The maximum absolute atomic E-state index is 13.4. The fraction of sp³-hybridized carbons (Fsp3) is 0.667. The Labute approximate surface area is 176 Å². The minimum Gasteiger partial charge on any atom is -0.456 e. The van der Waals surface area contributed by atoms with Crippen molar-refractivity contribution in [3.05, 3.63) is 29.3 Å². The van der Waals surface area contributed by atoms with E-state index < -0.39 is 5.60 Å². The smallest absolute Gasteiger partial charge is 0.362 e. The zero-order valence-corrected chi connectivity index (χ0v) is 19.1. The molecular formula is C24H39N2O3+. The van der Waals surface area contributed by atoms with Crippen molar-refractivity contribution in [3.63, 3.8) is 0 Å². The molecule has 1 aromatic carbocycles. The van der Waals surface area contributed by atoms with E-state index in [1.807, 2.05) is 52.8 Å². The predicted molar refractivity (Wildman–Crippen MR) is 118 cm³/mol. The first-order valence-electron chi connectivity index (χ1n) is 11.0. The molecule has 5 nitrogen and oxygen atoms in total. The summed E-state index contributed by atoms with van der Waals surface area (Å²) in [6.45, 7) is 13.8. The molecule has 0 aromatic heterocycles. The number of unbranched alkanes of at least 4 members (excludes halogenated alkanes) is 1. The van der Waals surface area contributed by atoms with Gasteiger partial charge in [-0.25, -0.2) is 4.79 Å². The number of nitrogens with one attached hydrogen (secondary N) is 1. The van der Waals surface area contributed by atoms with Crippen molar-refractivity contribution in [2.24, 2.45) is 0 Å². The Morgan fingerprint density at radius 3 is 2.41 bits per heavy atom. The summed E-state index contributed by atoms with van der Waals surface area (Å²) >= 11 is 0. The van der Waals surface area contributed by atoms with E-state index in [4.69, 9.17) is 4.74 Å². The Morgan fingerprint density at radius 1 is 1.17 bits per heavy atom. The standard InChI is InChI=1S/C24H38N2O3/c1-7-8-15-26(17-21(27)29-24(4,5)6)16-10-9-14-20(26)23(28)25-22-18(2)12-11-13-19(22)3/h11-13,20H,7-10,14-17H2,1-6H3/p+1. The van der Waals surface area contributed by atoms with Gasteiger partial charge in [-0.3, -0.25) is 4.79 Å². The molecule has 0 bridgehead atoms. The van der Waals surface area contributed by atoms with Gasteiger partial charge in [-0.15, -0.1) is 0 Å². The number of esters is 1. The lowest BCUT2D eigenvalue weighted by atomic mass is 9.95. The summed E-state index contributed by atoms with van der Waals surface area (Å²) in [5.74, 6) is -0.179. The molecule has 2 atom stereocenters. The summed E-state index contributed by atoms with van der Waals surface area (Å²) in [4.78, 5) is 26.2. The van der Waals surface area contributed by atoms with Crippen molar-refractivity contribution in [1.29, 1.82) is 0 Å². The number of amides is 1. The number of carbonyl (C=O) groups is 2. The Hall–Kier alpha value is -1.88. The number of carbonyl (C=O) groups excluding carboxylic acids is 2. The quantitative estimate of drug-likeness (QED) is 0.528. The summed E-state index contributed by atoms with van der Waals surface area (Å²) in [6.07, 6.45) is 4.91. The van der Waals surface area contributed by atoms with Gasteiger partial charge in [-0.1, -0.05) is 31.5 Å². The monoisotopic (exact) mass is 403 g/mol. The molecule has 0 spiro atoms. The van der Waals surface area contributed by atoms with Crippen LogP contribution in [0, 0.1) is 13.8 Å². The van der Waals surface area contributed by atoms with Crippen LogP contribution in [0.15, 0.2) is 18.2 Å². The van der Waals surface area contributed by atoms with Gasteiger partial charge in [0.25, 0.3) is 5.91 Å². The molecule has 1 aromatic rings. The van der Waals surface area contributed by atoms with Gasteiger partial charge in [0.2, 0.25) is 0 Å². The maximum atomic E-state index is 13.4. The number of likely N-dealkylation sites (tertiary alicyclic amines) is 1. The van der Waals surface area contributed by atoms with E-state index >= 15 is 0 Å². The van der Waals surface area contributed by atoms with E-state index in [1.54, 1.807) is 0 Å². The van der Waals surface area contributed by atoms with Crippen molar-refractivity contribution < 1.29 is 18.8 Å². The molecule has 0 radical (unpaired) electrons. The third-order valence-electron chi connectivity index (χ3n) is 5.85. The molecule has 1 heterocycles. The van der Waals surface area contributed by atoms with Gasteiger partial charge in [-0.2, -0.15) is 0 Å². The van der Waals surface area contributed by atoms with Crippen molar-refractivity contribution in [1.82, 2.24) is 0 Å². The zero-order valence-electron chi connectivity index (χ0n) is 19.1. The van der Waals surface area contributed by atoms with Crippen molar-refractivity contribution in [2.75, 3.05) is 25.0 Å². The van der Waals surface area contributed by atoms with Crippen LogP contribution in [0.2, 0.25) is 0 Å². The molecule has 2 rings (SSSR count). The van der Waals surface area contributed by atoms with Crippen LogP contribution in [0.25, 0.3) is 0 Å². The fourth-order valence-corrected chi connectivity index (χ4v) is 4.43. The van der Waals surface area contributed by atoms with Crippen molar-refractivity contribution >= 4 is 17.6 Å². The number of para-hydroxylation sites is 1. The highest BCUT2D eigenvalue weighted by atomic mass is 16.6. The number of quaternary nitrogens is 1. The number of piperidine rings is 1. The minimum absolute atomic E-state index is 0.0294. The molecule has 2 unspecified atom stereocenters. The highest BCUT2D eigenvalue weighted by molar-refractivity contribution is 5.95. The number of ether oxygens (including phenoxy) is 1. The molecule has 29 heavy (non-hydrogen) atoms. The Morgan fingerprint density at radius 2 is 1.83 bits per heavy atom. The summed E-state index contributed by atoms with van der Waals surface area (Å²) in [6, 6.07) is 5.82. The Kier molecular flexibility index (Phi) is 7.87. The second kappa shape index (κ2) is 9.75. The first-order chi connectivity index (χ1) is 13.6. The fourth-order valence-electron chi connectivity index (χ4n) is 4.43. The van der Waals surface area contributed by atoms with Crippen LogP contribution in [-0.4, -0.2) is 47.6 Å². The average Bonchev–Trinajstić information content (AvgIpc) is 2.62. The third-order valence-corrected chi connectivity index (χ3v) is 5.85. The van der Waals surface area contributed by atoms with Crippen LogP contribution in [-0.2, 0) is 14.3 Å². The lowest BCUT2D eigenvalue weighted by Crippen LogP contribution is -2.64. The molecule has 162 valence electrons. The largest absolute Gasteiger partial charge is 0.456 e. The number of rotatable bonds is 7. The van der Waals surface area contributed by atoms with Gasteiger partial charge in [0.05, 0.1) is 13.1 Å². The van der Waals surface area contributed by atoms with Crippen LogP contribution in [0.1, 0.15) is 70.9 Å². The molecule has 0 aliphatic carbocycles. The number of aryl methyl sites for hydroxylation is 2. The highest BCUT2D eigenvalue weighted by Crippen LogP contribution is 2.30. The normalized spacial score (nSPS) is 22.2. The van der Waals surface area contributed by atoms with Crippen LogP contribution < -0.4 is 5.32 Å². The maximum Gasteiger partial charge on any atom is 0.362 e. The van der Waals surface area contributed by atoms with Crippen LogP contribution >= 0.6 is 0 Å². The number of hydrogen-bond acceptors (Lipinski definition) is 3. The summed E-state index contributed by atoms with van der Waals surface area (Å²) in [5.41, 5.74) is 2.51. The van der Waals surface area contributed by atoms with Gasteiger partial charge in [0, 0.05) is 12.1 Å². The van der Waals surface area contributed by atoms with Gasteiger partial charge in [0.15, 0.2) is 12.6 Å². The van der Waals surface area contributed by atoms with E-state index in [9.17, 15) is 9.59 Å². The van der Waals surface area contributed by atoms with Crippen molar-refractivity contribution in [3.8, 4) is 0 Å². The lowest BCUT2D eigenvalue weighted by molar-refractivity contribution is -0.940. The molecule has 0 saturated carbocycles. The highest BCUT2D eigenvalue weighted by Gasteiger charge is 2.45. The van der Waals surface area contributed by atoms with E-state index in [1.165, 1.54) is 0 Å². The van der Waals surface area contributed by atoms with E-state index in [2.05, 4.69) is 12.2 Å². The molecular weight excluding hydrogens is 364 g/mol. The Balaban J connectivity index is 2.29. The van der Waals surface area contributed by atoms with Crippen LogP contribution in [0.5, 0.6) is 0 Å². The summed E-state index contributed by atoms with van der Waals surface area (Å²) in [5, 5.41) is 3.19. The average molecular weight is 404 g/mol. The summed E-state index contributed by atoms with van der Waals surface area (Å²) in [7, 11) is 0. The molecule has 1 aliphatic rings. The number of hydrogen-bond donors (Lipinski definition) is 1. The first-order valence-corrected chi connectivity index (χ1v) is 11.0. The second-order valence-electron chi connectivity index (χ2n) is 9.53. The first kappa shape index (κ1) is 23.4. The van der Waals surface area contributed by atoms with E-state index in [0.717, 1.165) is 62.0 Å². The summed E-state index contributed by atoms with van der Waals surface area (Å²) < 4.78 is 6.16. The van der Waals surface area contributed by atoms with Crippen LogP contribution in [0.4, 0.5) is 5.69 Å². The molecule has 1 saturated heterocycles. The number of anilines is 1. The van der Waals surface area contributed by atoms with E-state index in [0.29, 0.717) is 4.48 Å². The lowest BCUT2D eigenvalue weighted by Gasteiger charge is -2.46. The second-order valence-corrected chi connectivity index (χ2v) is 9.53. The van der Waals surface area contributed by atoms with Crippen LogP contribution in [0.3, 0.4) is 0 Å². The van der Waals surface area contributed by atoms with Gasteiger partial charge >= 0.3 is 5.97 Å². The zero-order chi connectivity index (χ0) is 21.7. The Bertz CT molecular complexity index is 703. The molecule has 1 N–H and O–H groups in total. The SMILES string of the molecule is CCCC[N+]1(CC(=O)OC(C)(C)C)CCCCC1C(=O)Nc1c(C)cccc1C. The number of benzene rings is 1. The molecule has 5 heteroatoms. The molecule has 1 aliphatic heterocycles. The molecule has 1 amide bonds. The minimum atomic E-state index is -0.516. The van der Waals surface area contributed by atoms with Gasteiger partial charge in [-0.05, 0) is 65.0 Å². The predicted octanol–water partition coefficient (Wildman–Crippen LogP) is 4.75. The van der Waals surface area contributed by atoms with Crippen molar-refractivity contribution in [2.45, 2.75) is 85.3 Å². The molecule has 1 fully saturated rings. The third kappa shape index (κ3) is 6.30. The van der Waals surface area contributed by atoms with Gasteiger partial charge in [0.1, 0.15) is 5.60 Å².